The summed E-state index contributed by atoms with van der Waals surface area (Å²) < 4.78 is 5.83. The first kappa shape index (κ1) is 14.6. The summed E-state index contributed by atoms with van der Waals surface area (Å²) in [6.45, 7) is 3.02. The molecule has 0 atom stereocenters. The minimum absolute atomic E-state index is 0.853. The van der Waals surface area contributed by atoms with E-state index in [0.717, 1.165) is 24.1 Å². The predicted molar refractivity (Wildman–Crippen MR) is 78.2 cm³/mol. The lowest BCUT2D eigenvalue weighted by atomic mass is 10.1. The van der Waals surface area contributed by atoms with Crippen LogP contribution in [0.5, 0.6) is 5.75 Å². The highest BCUT2D eigenvalue weighted by Crippen LogP contribution is 2.18. The third-order valence-corrected chi connectivity index (χ3v) is 3.45. The number of hydrogen-bond donors (Lipinski definition) is 0. The molecule has 17 heavy (non-hydrogen) atoms. The summed E-state index contributed by atoms with van der Waals surface area (Å²) >= 11 is 3.45. The first-order valence-electron chi connectivity index (χ1n) is 6.65. The quantitative estimate of drug-likeness (QED) is 0.462. The third kappa shape index (κ3) is 6.11. The van der Waals surface area contributed by atoms with Crippen LogP contribution in [0.15, 0.2) is 24.3 Å². The maximum Gasteiger partial charge on any atom is 0.122 e. The minimum Gasteiger partial charge on any atom is -0.493 e. The van der Waals surface area contributed by atoms with Crippen LogP contribution in [-0.4, -0.2) is 11.9 Å². The molecular formula is C15H23BrO. The average Bonchev–Trinajstić information content (AvgIpc) is 2.38. The fourth-order valence-corrected chi connectivity index (χ4v) is 2.24. The Kier molecular flexibility index (Phi) is 8.16. The summed E-state index contributed by atoms with van der Waals surface area (Å²) in [5.41, 5.74) is 1.31. The van der Waals surface area contributed by atoms with Gasteiger partial charge >= 0.3 is 0 Å². The Morgan fingerprint density at radius 3 is 2.47 bits per heavy atom. The number of unbranched alkanes of at least 4 members (excludes halogenated alkanes) is 4. The number of rotatable bonds is 9. The normalized spacial score (nSPS) is 10.5. The molecule has 0 saturated carbocycles. The van der Waals surface area contributed by atoms with E-state index in [1.54, 1.807) is 0 Å². The van der Waals surface area contributed by atoms with E-state index >= 15 is 0 Å². The van der Waals surface area contributed by atoms with Gasteiger partial charge in [-0.2, -0.15) is 0 Å². The topological polar surface area (TPSA) is 9.23 Å². The number of alkyl halides is 1. The molecule has 1 aromatic carbocycles. The molecule has 0 heterocycles. The van der Waals surface area contributed by atoms with Crippen molar-refractivity contribution < 1.29 is 4.74 Å². The molecule has 0 saturated heterocycles. The van der Waals surface area contributed by atoms with Crippen molar-refractivity contribution in [1.29, 1.82) is 0 Å². The van der Waals surface area contributed by atoms with E-state index in [1.165, 1.54) is 37.7 Å². The molecule has 0 unspecified atom stereocenters. The molecule has 0 bridgehead atoms. The SMILES string of the molecule is CCc1ccccc1OCCCCCCCBr. The highest BCUT2D eigenvalue weighted by molar-refractivity contribution is 9.09. The summed E-state index contributed by atoms with van der Waals surface area (Å²) in [6, 6.07) is 8.34. The first-order valence-corrected chi connectivity index (χ1v) is 7.77. The highest BCUT2D eigenvalue weighted by Gasteiger charge is 1.99. The van der Waals surface area contributed by atoms with Crippen molar-refractivity contribution in [3.63, 3.8) is 0 Å². The van der Waals surface area contributed by atoms with Gasteiger partial charge in [0, 0.05) is 5.33 Å². The monoisotopic (exact) mass is 298 g/mol. The second-order valence-electron chi connectivity index (χ2n) is 4.27. The molecule has 96 valence electrons. The van der Waals surface area contributed by atoms with Crippen LogP contribution >= 0.6 is 15.9 Å². The molecule has 0 fully saturated rings. The fourth-order valence-electron chi connectivity index (χ4n) is 1.85. The van der Waals surface area contributed by atoms with Gasteiger partial charge in [-0.3, -0.25) is 0 Å². The Bertz CT molecular complexity index is 299. The number of benzene rings is 1. The van der Waals surface area contributed by atoms with Crippen molar-refractivity contribution in [1.82, 2.24) is 0 Å². The van der Waals surface area contributed by atoms with Gasteiger partial charge in [-0.1, -0.05) is 60.3 Å². The van der Waals surface area contributed by atoms with Crippen LogP contribution in [0.4, 0.5) is 0 Å². The van der Waals surface area contributed by atoms with E-state index in [0.29, 0.717) is 0 Å². The maximum atomic E-state index is 5.83. The van der Waals surface area contributed by atoms with E-state index in [4.69, 9.17) is 4.74 Å². The van der Waals surface area contributed by atoms with E-state index < -0.39 is 0 Å². The summed E-state index contributed by atoms with van der Waals surface area (Å²) in [4.78, 5) is 0. The van der Waals surface area contributed by atoms with Crippen molar-refractivity contribution in [3.8, 4) is 5.75 Å². The second-order valence-corrected chi connectivity index (χ2v) is 5.06. The zero-order valence-corrected chi connectivity index (χ0v) is 12.3. The van der Waals surface area contributed by atoms with E-state index in [-0.39, 0.29) is 0 Å². The minimum atomic E-state index is 0.853. The summed E-state index contributed by atoms with van der Waals surface area (Å²) in [7, 11) is 0. The Hall–Kier alpha value is -0.500. The van der Waals surface area contributed by atoms with Crippen LogP contribution < -0.4 is 4.74 Å². The Morgan fingerprint density at radius 2 is 1.71 bits per heavy atom. The van der Waals surface area contributed by atoms with Crippen LogP contribution in [-0.2, 0) is 6.42 Å². The van der Waals surface area contributed by atoms with Crippen LogP contribution in [0.2, 0.25) is 0 Å². The van der Waals surface area contributed by atoms with Gasteiger partial charge in [0.15, 0.2) is 0 Å². The largest absolute Gasteiger partial charge is 0.493 e. The number of para-hydroxylation sites is 1. The van der Waals surface area contributed by atoms with Crippen molar-refractivity contribution in [2.45, 2.75) is 45.4 Å². The lowest BCUT2D eigenvalue weighted by molar-refractivity contribution is 0.302. The first-order chi connectivity index (χ1) is 8.38. The van der Waals surface area contributed by atoms with Crippen LogP contribution in [0.1, 0.15) is 44.6 Å². The van der Waals surface area contributed by atoms with Gasteiger partial charge in [-0.05, 0) is 30.9 Å². The Morgan fingerprint density at radius 1 is 1.00 bits per heavy atom. The average molecular weight is 299 g/mol. The lowest BCUT2D eigenvalue weighted by Crippen LogP contribution is -1.99. The van der Waals surface area contributed by atoms with Crippen LogP contribution in [0, 0.1) is 0 Å². The Balaban J connectivity index is 2.13. The number of halogens is 1. The van der Waals surface area contributed by atoms with Gasteiger partial charge in [0.25, 0.3) is 0 Å². The summed E-state index contributed by atoms with van der Waals surface area (Å²) in [5.74, 6) is 1.07. The third-order valence-electron chi connectivity index (χ3n) is 2.89. The molecule has 0 aromatic heterocycles. The molecule has 0 aliphatic heterocycles. The van der Waals surface area contributed by atoms with Crippen molar-refractivity contribution in [2.75, 3.05) is 11.9 Å². The van der Waals surface area contributed by atoms with Gasteiger partial charge < -0.3 is 4.74 Å². The van der Waals surface area contributed by atoms with Gasteiger partial charge in [-0.15, -0.1) is 0 Å². The van der Waals surface area contributed by atoms with Crippen LogP contribution in [0.3, 0.4) is 0 Å². The summed E-state index contributed by atoms with van der Waals surface area (Å²) in [6.07, 6.45) is 7.43. The maximum absolute atomic E-state index is 5.83. The molecule has 0 aliphatic carbocycles. The number of ether oxygens (including phenoxy) is 1. The molecule has 0 radical (unpaired) electrons. The molecule has 0 aliphatic rings. The predicted octanol–water partition coefficient (Wildman–Crippen LogP) is 4.97. The second kappa shape index (κ2) is 9.52. The zero-order valence-electron chi connectivity index (χ0n) is 10.8. The molecule has 0 amide bonds. The summed E-state index contributed by atoms with van der Waals surface area (Å²) in [5, 5.41) is 1.13. The van der Waals surface area contributed by atoms with Gasteiger partial charge in [0.2, 0.25) is 0 Å². The molecule has 0 N–H and O–H groups in total. The number of aryl methyl sites for hydroxylation is 1. The fraction of sp³-hybridized carbons (Fsp3) is 0.600. The molecule has 0 spiro atoms. The molecule has 1 aromatic rings. The number of hydrogen-bond acceptors (Lipinski definition) is 1. The van der Waals surface area contributed by atoms with Crippen molar-refractivity contribution in [2.24, 2.45) is 0 Å². The molecule has 1 rings (SSSR count). The lowest BCUT2D eigenvalue weighted by Gasteiger charge is -2.09. The van der Waals surface area contributed by atoms with Crippen LogP contribution in [0.25, 0.3) is 0 Å². The van der Waals surface area contributed by atoms with E-state index in [2.05, 4.69) is 41.1 Å². The highest BCUT2D eigenvalue weighted by atomic mass is 79.9. The molecular weight excluding hydrogens is 276 g/mol. The standard InChI is InChI=1S/C15H23BrO/c1-2-14-10-6-7-11-15(14)17-13-9-5-3-4-8-12-16/h6-7,10-11H,2-5,8-9,12-13H2,1H3. The van der Waals surface area contributed by atoms with Gasteiger partial charge in [0.05, 0.1) is 6.61 Å². The van der Waals surface area contributed by atoms with Gasteiger partial charge in [0.1, 0.15) is 5.75 Å². The zero-order chi connectivity index (χ0) is 12.3. The van der Waals surface area contributed by atoms with Crippen molar-refractivity contribution in [3.05, 3.63) is 29.8 Å². The molecule has 1 nitrogen and oxygen atoms in total. The Labute approximate surface area is 114 Å². The van der Waals surface area contributed by atoms with Gasteiger partial charge in [-0.25, -0.2) is 0 Å². The molecule has 2 heteroatoms. The van der Waals surface area contributed by atoms with E-state index in [9.17, 15) is 0 Å². The van der Waals surface area contributed by atoms with E-state index in [1.807, 2.05) is 6.07 Å². The smallest absolute Gasteiger partial charge is 0.122 e. The van der Waals surface area contributed by atoms with Crippen molar-refractivity contribution >= 4 is 15.9 Å².